The van der Waals surface area contributed by atoms with Crippen LogP contribution in [0.3, 0.4) is 0 Å². The van der Waals surface area contributed by atoms with Gasteiger partial charge in [-0.25, -0.2) is 0 Å². The monoisotopic (exact) mass is 283 g/mol. The molecule has 2 aromatic carbocycles. The second kappa shape index (κ2) is 6.02. The van der Waals surface area contributed by atoms with E-state index in [1.165, 1.54) is 27.3 Å². The maximum Gasteiger partial charge on any atom is 0.0231 e. The quantitative estimate of drug-likeness (QED) is 0.822. The number of rotatable bonds is 4. The molecule has 2 heteroatoms. The number of likely N-dealkylation sites (N-methyl/N-ethyl adjacent to an activating group) is 1. The average Bonchev–Trinajstić information content (AvgIpc) is 2.82. The molecule has 20 heavy (non-hydrogen) atoms. The summed E-state index contributed by atoms with van der Waals surface area (Å²) in [7, 11) is 2.23. The number of thioether (sulfide) groups is 1. The largest absolute Gasteiger partial charge is 0.301 e. The first-order valence-corrected chi connectivity index (χ1v) is 8.17. The van der Waals surface area contributed by atoms with E-state index in [9.17, 15) is 0 Å². The van der Waals surface area contributed by atoms with Gasteiger partial charge in [0.05, 0.1) is 0 Å². The van der Waals surface area contributed by atoms with E-state index in [0.717, 1.165) is 13.1 Å². The lowest BCUT2D eigenvalue weighted by Gasteiger charge is -2.21. The van der Waals surface area contributed by atoms with E-state index in [-0.39, 0.29) is 0 Å². The summed E-state index contributed by atoms with van der Waals surface area (Å²) in [5.41, 5.74) is 4.29. The topological polar surface area (TPSA) is 3.24 Å². The van der Waals surface area contributed by atoms with Gasteiger partial charge < -0.3 is 4.90 Å². The van der Waals surface area contributed by atoms with Crippen molar-refractivity contribution in [3.05, 3.63) is 65.2 Å². The lowest BCUT2D eigenvalue weighted by atomic mass is 10.0. The molecule has 104 valence electrons. The lowest BCUT2D eigenvalue weighted by Crippen LogP contribution is -2.24. The van der Waals surface area contributed by atoms with E-state index in [1.807, 2.05) is 11.8 Å². The van der Waals surface area contributed by atoms with Gasteiger partial charge in [0.25, 0.3) is 0 Å². The molecule has 0 aromatic heterocycles. The Hall–Kier alpha value is -1.25. The Bertz CT molecular complexity index is 593. The van der Waals surface area contributed by atoms with Gasteiger partial charge in [0.2, 0.25) is 0 Å². The highest BCUT2D eigenvalue weighted by molar-refractivity contribution is 7.99. The Kier molecular flexibility index (Phi) is 4.13. The van der Waals surface area contributed by atoms with Crippen molar-refractivity contribution in [2.75, 3.05) is 19.3 Å². The molecule has 0 amide bonds. The normalized spacial score (nSPS) is 17.4. The summed E-state index contributed by atoms with van der Waals surface area (Å²) in [5.74, 6) is 1.89. The Morgan fingerprint density at radius 2 is 2.00 bits per heavy atom. The van der Waals surface area contributed by atoms with Gasteiger partial charge >= 0.3 is 0 Å². The summed E-state index contributed by atoms with van der Waals surface area (Å²) in [6, 6.07) is 17.7. The van der Waals surface area contributed by atoms with Crippen molar-refractivity contribution in [1.82, 2.24) is 4.90 Å². The van der Waals surface area contributed by atoms with Crippen LogP contribution in [-0.2, 0) is 6.54 Å². The molecule has 0 spiro atoms. The number of hydrogen-bond acceptors (Lipinski definition) is 2. The summed E-state index contributed by atoms with van der Waals surface area (Å²) in [4.78, 5) is 3.92. The summed E-state index contributed by atoms with van der Waals surface area (Å²) in [6.45, 7) is 4.33. The fourth-order valence-corrected chi connectivity index (χ4v) is 4.19. The minimum atomic E-state index is 0.672. The first-order chi connectivity index (χ1) is 9.72. The molecule has 1 aliphatic heterocycles. The molecule has 1 unspecified atom stereocenters. The van der Waals surface area contributed by atoms with Gasteiger partial charge in [-0.05, 0) is 31.2 Å². The van der Waals surface area contributed by atoms with E-state index in [0.29, 0.717) is 5.92 Å². The third kappa shape index (κ3) is 3.08. The number of hydrogen-bond donors (Lipinski definition) is 0. The van der Waals surface area contributed by atoms with E-state index in [1.54, 1.807) is 0 Å². The van der Waals surface area contributed by atoms with E-state index < -0.39 is 0 Å². The molecule has 1 atom stereocenters. The van der Waals surface area contributed by atoms with Crippen molar-refractivity contribution in [2.24, 2.45) is 0 Å². The van der Waals surface area contributed by atoms with E-state index in [2.05, 4.69) is 67.4 Å². The first kappa shape index (κ1) is 13.7. The van der Waals surface area contributed by atoms with Crippen LogP contribution in [0.25, 0.3) is 0 Å². The van der Waals surface area contributed by atoms with Crippen LogP contribution in [0.5, 0.6) is 0 Å². The van der Waals surface area contributed by atoms with Gasteiger partial charge in [-0.3, -0.25) is 0 Å². The third-order valence-electron chi connectivity index (χ3n) is 3.87. The van der Waals surface area contributed by atoms with E-state index in [4.69, 9.17) is 0 Å². The van der Waals surface area contributed by atoms with Crippen molar-refractivity contribution in [2.45, 2.75) is 24.3 Å². The molecule has 0 saturated heterocycles. The number of benzene rings is 2. The average molecular weight is 283 g/mol. The maximum absolute atomic E-state index is 2.45. The molecule has 1 nitrogen and oxygen atoms in total. The molecule has 3 rings (SSSR count). The number of aryl methyl sites for hydroxylation is 1. The molecule has 0 radical (unpaired) electrons. The van der Waals surface area contributed by atoms with Crippen molar-refractivity contribution >= 4 is 11.8 Å². The van der Waals surface area contributed by atoms with Crippen molar-refractivity contribution in [3.8, 4) is 0 Å². The molecule has 0 aliphatic carbocycles. The zero-order chi connectivity index (χ0) is 13.9. The van der Waals surface area contributed by atoms with Crippen LogP contribution in [0.1, 0.15) is 22.6 Å². The third-order valence-corrected chi connectivity index (χ3v) is 5.12. The molecular weight excluding hydrogens is 262 g/mol. The van der Waals surface area contributed by atoms with Gasteiger partial charge in [0, 0.05) is 29.7 Å². The standard InChI is InChI=1S/C18H21NS/c1-14-6-5-7-15(10-14)11-19(2)12-16-13-20-18-9-4-3-8-17(16)18/h3-10,16H,11-13H2,1-2H3. The minimum Gasteiger partial charge on any atom is -0.301 e. The second-order valence-corrected chi connectivity index (χ2v) is 6.79. The molecule has 0 saturated carbocycles. The maximum atomic E-state index is 2.45. The van der Waals surface area contributed by atoms with Gasteiger partial charge in [-0.15, -0.1) is 11.8 Å². The first-order valence-electron chi connectivity index (χ1n) is 7.18. The molecule has 0 fully saturated rings. The van der Waals surface area contributed by atoms with Gasteiger partial charge in [0.1, 0.15) is 0 Å². The highest BCUT2D eigenvalue weighted by Gasteiger charge is 2.23. The predicted molar refractivity (Wildman–Crippen MR) is 87.4 cm³/mol. The molecule has 1 heterocycles. The highest BCUT2D eigenvalue weighted by Crippen LogP contribution is 2.39. The molecule has 0 N–H and O–H groups in total. The SMILES string of the molecule is Cc1cccc(CN(C)CC2CSc3ccccc32)c1. The Labute approximate surface area is 126 Å². The fourth-order valence-electron chi connectivity index (χ4n) is 2.94. The van der Waals surface area contributed by atoms with Crippen LogP contribution in [0.2, 0.25) is 0 Å². The summed E-state index contributed by atoms with van der Waals surface area (Å²) >= 11 is 2.00. The number of nitrogens with zero attached hydrogens (tertiary/aromatic N) is 1. The summed E-state index contributed by atoms with van der Waals surface area (Å²) in [6.07, 6.45) is 0. The highest BCUT2D eigenvalue weighted by atomic mass is 32.2. The van der Waals surface area contributed by atoms with Gasteiger partial charge in [-0.1, -0.05) is 48.0 Å². The van der Waals surface area contributed by atoms with Crippen molar-refractivity contribution in [3.63, 3.8) is 0 Å². The van der Waals surface area contributed by atoms with Gasteiger partial charge in [0.15, 0.2) is 0 Å². The number of fused-ring (bicyclic) bond motifs is 1. The van der Waals surface area contributed by atoms with Crippen LogP contribution in [0.4, 0.5) is 0 Å². The molecule has 1 aliphatic rings. The van der Waals surface area contributed by atoms with Crippen molar-refractivity contribution < 1.29 is 0 Å². The zero-order valence-corrected chi connectivity index (χ0v) is 13.0. The Morgan fingerprint density at radius 1 is 1.15 bits per heavy atom. The van der Waals surface area contributed by atoms with Crippen molar-refractivity contribution in [1.29, 1.82) is 0 Å². The lowest BCUT2D eigenvalue weighted by molar-refractivity contribution is 0.311. The molecular formula is C18H21NS. The van der Waals surface area contributed by atoms with Crippen LogP contribution in [0.15, 0.2) is 53.4 Å². The summed E-state index contributed by atoms with van der Waals surface area (Å²) < 4.78 is 0. The Morgan fingerprint density at radius 3 is 2.85 bits per heavy atom. The second-order valence-electron chi connectivity index (χ2n) is 5.73. The zero-order valence-electron chi connectivity index (χ0n) is 12.2. The summed E-state index contributed by atoms with van der Waals surface area (Å²) in [5, 5.41) is 0. The molecule has 0 bridgehead atoms. The van der Waals surface area contributed by atoms with Gasteiger partial charge in [-0.2, -0.15) is 0 Å². The van der Waals surface area contributed by atoms with Crippen LogP contribution < -0.4 is 0 Å². The van der Waals surface area contributed by atoms with Crippen LogP contribution >= 0.6 is 11.8 Å². The smallest absolute Gasteiger partial charge is 0.0231 e. The predicted octanol–water partition coefficient (Wildman–Crippen LogP) is 4.32. The van der Waals surface area contributed by atoms with Crippen LogP contribution in [-0.4, -0.2) is 24.2 Å². The fraction of sp³-hybridized carbons (Fsp3) is 0.333. The molecule has 2 aromatic rings. The van der Waals surface area contributed by atoms with E-state index >= 15 is 0 Å². The Balaban J connectivity index is 1.64. The minimum absolute atomic E-state index is 0.672. The van der Waals surface area contributed by atoms with Crippen LogP contribution in [0, 0.1) is 6.92 Å².